The molecule has 4 N–H and O–H groups in total. The van der Waals surface area contributed by atoms with E-state index in [9.17, 15) is 13.2 Å². The highest BCUT2D eigenvalue weighted by molar-refractivity contribution is 7.89. The third-order valence-electron chi connectivity index (χ3n) is 2.03. The molecule has 0 aliphatic carbocycles. The van der Waals surface area contributed by atoms with Crippen molar-refractivity contribution in [1.29, 1.82) is 0 Å². The fraction of sp³-hybridized carbons (Fsp3) is 0.222. The first kappa shape index (κ1) is 12.5. The summed E-state index contributed by atoms with van der Waals surface area (Å²) in [6.07, 6.45) is -0.0916. The van der Waals surface area contributed by atoms with Crippen molar-refractivity contribution in [1.82, 2.24) is 0 Å². The molecule has 0 atom stereocenters. The van der Waals surface area contributed by atoms with Gasteiger partial charge in [-0.3, -0.25) is 4.79 Å². The molecule has 16 heavy (non-hydrogen) atoms. The first-order valence-electron chi connectivity index (χ1n) is 4.33. The van der Waals surface area contributed by atoms with E-state index >= 15 is 0 Å². The van der Waals surface area contributed by atoms with Gasteiger partial charge < -0.3 is 10.5 Å². The summed E-state index contributed by atoms with van der Waals surface area (Å²) in [5.41, 5.74) is 5.96. The molecule has 0 aliphatic rings. The number of benzene rings is 1. The summed E-state index contributed by atoms with van der Waals surface area (Å²) < 4.78 is 26.7. The van der Waals surface area contributed by atoms with E-state index in [1.54, 1.807) is 6.07 Å². The topological polar surface area (TPSA) is 112 Å². The molecule has 0 aliphatic heterocycles. The van der Waals surface area contributed by atoms with E-state index < -0.39 is 16.0 Å². The number of carbonyl (C=O) groups is 1. The third kappa shape index (κ3) is 2.71. The zero-order valence-electron chi connectivity index (χ0n) is 8.64. The second kappa shape index (κ2) is 4.50. The smallest absolute Gasteiger partial charge is 0.310 e. The predicted molar refractivity (Wildman–Crippen MR) is 57.9 cm³/mol. The van der Waals surface area contributed by atoms with Gasteiger partial charge in [-0.25, -0.2) is 13.6 Å². The number of rotatable bonds is 3. The van der Waals surface area contributed by atoms with Gasteiger partial charge in [0.25, 0.3) is 0 Å². The second-order valence-corrected chi connectivity index (χ2v) is 4.66. The Morgan fingerprint density at radius 1 is 1.44 bits per heavy atom. The number of sulfonamides is 1. The van der Waals surface area contributed by atoms with Gasteiger partial charge in [0.2, 0.25) is 10.0 Å². The Labute approximate surface area is 93.2 Å². The highest BCUT2D eigenvalue weighted by Gasteiger charge is 2.16. The summed E-state index contributed by atoms with van der Waals surface area (Å²) in [6.45, 7) is 0. The predicted octanol–water partition coefficient (Wildman–Crippen LogP) is -0.368. The van der Waals surface area contributed by atoms with Crippen LogP contribution >= 0.6 is 0 Å². The molecule has 0 amide bonds. The van der Waals surface area contributed by atoms with Crippen LogP contribution in [0.4, 0.5) is 5.69 Å². The minimum absolute atomic E-state index is 0.0181. The van der Waals surface area contributed by atoms with Crippen LogP contribution in [0, 0.1) is 0 Å². The average Bonchev–Trinajstić information content (AvgIpc) is 2.19. The maximum absolute atomic E-state index is 11.1. The molecule has 0 fully saturated rings. The van der Waals surface area contributed by atoms with E-state index in [1.807, 2.05) is 0 Å². The number of nitrogens with two attached hydrogens (primary N) is 2. The lowest BCUT2D eigenvalue weighted by molar-refractivity contribution is -0.139. The standard InChI is InChI=1S/C9H12N2O4S/c1-15-8(12)5-6-3-2-4-7(9(6)10)16(11,13)14/h2-4H,5,10H2,1H3,(H2,11,13,14). The number of anilines is 1. The molecule has 0 aromatic heterocycles. The molecular weight excluding hydrogens is 232 g/mol. The Morgan fingerprint density at radius 3 is 2.56 bits per heavy atom. The molecule has 0 saturated carbocycles. The molecule has 0 saturated heterocycles. The Bertz CT molecular complexity index is 510. The van der Waals surface area contributed by atoms with Crippen LogP contribution in [-0.4, -0.2) is 21.5 Å². The van der Waals surface area contributed by atoms with Crippen molar-refractivity contribution in [3.05, 3.63) is 23.8 Å². The summed E-state index contributed by atoms with van der Waals surface area (Å²) in [7, 11) is -2.64. The molecule has 0 bridgehead atoms. The van der Waals surface area contributed by atoms with Gasteiger partial charge in [-0.15, -0.1) is 0 Å². The highest BCUT2D eigenvalue weighted by Crippen LogP contribution is 2.21. The summed E-state index contributed by atoms with van der Waals surface area (Å²) >= 11 is 0. The summed E-state index contributed by atoms with van der Waals surface area (Å²) in [5.74, 6) is -0.502. The average molecular weight is 244 g/mol. The van der Waals surface area contributed by atoms with Gasteiger partial charge in [-0.1, -0.05) is 12.1 Å². The van der Waals surface area contributed by atoms with Gasteiger partial charge in [-0.2, -0.15) is 0 Å². The molecule has 88 valence electrons. The molecular formula is C9H12N2O4S. The highest BCUT2D eigenvalue weighted by atomic mass is 32.2. The molecule has 1 aromatic carbocycles. The summed E-state index contributed by atoms with van der Waals surface area (Å²) in [4.78, 5) is 10.8. The number of primary sulfonamides is 1. The van der Waals surface area contributed by atoms with Crippen LogP contribution in [0.25, 0.3) is 0 Å². The van der Waals surface area contributed by atoms with E-state index in [0.717, 1.165) is 0 Å². The Balaban J connectivity index is 3.20. The third-order valence-corrected chi connectivity index (χ3v) is 2.99. The normalized spacial score (nSPS) is 11.1. The fourth-order valence-corrected chi connectivity index (χ4v) is 1.93. The number of ether oxygens (including phenoxy) is 1. The van der Waals surface area contributed by atoms with Gasteiger partial charge in [0.15, 0.2) is 0 Å². The quantitative estimate of drug-likeness (QED) is 0.556. The minimum atomic E-state index is -3.88. The van der Waals surface area contributed by atoms with Crippen molar-refractivity contribution in [3.63, 3.8) is 0 Å². The van der Waals surface area contributed by atoms with E-state index in [4.69, 9.17) is 10.9 Å². The minimum Gasteiger partial charge on any atom is -0.469 e. The largest absolute Gasteiger partial charge is 0.469 e. The second-order valence-electron chi connectivity index (χ2n) is 3.13. The number of carbonyl (C=O) groups excluding carboxylic acids is 1. The Hall–Kier alpha value is -1.60. The molecule has 7 heteroatoms. The van der Waals surface area contributed by atoms with E-state index in [-0.39, 0.29) is 17.0 Å². The SMILES string of the molecule is COC(=O)Cc1cccc(S(N)(=O)=O)c1N. The van der Waals surface area contributed by atoms with Crippen molar-refractivity contribution in [2.45, 2.75) is 11.3 Å². The number of para-hydroxylation sites is 1. The van der Waals surface area contributed by atoms with Crippen molar-refractivity contribution in [2.24, 2.45) is 5.14 Å². The molecule has 1 aromatic rings. The Kier molecular flexibility index (Phi) is 3.51. The lowest BCUT2D eigenvalue weighted by Gasteiger charge is -2.08. The van der Waals surface area contributed by atoms with Gasteiger partial charge in [0.05, 0.1) is 19.2 Å². The fourth-order valence-electron chi connectivity index (χ4n) is 1.22. The molecule has 0 heterocycles. The number of methoxy groups -OCH3 is 1. The first-order chi connectivity index (χ1) is 7.36. The first-order valence-corrected chi connectivity index (χ1v) is 5.88. The zero-order valence-corrected chi connectivity index (χ0v) is 9.45. The van der Waals surface area contributed by atoms with Gasteiger partial charge in [0, 0.05) is 0 Å². The van der Waals surface area contributed by atoms with Gasteiger partial charge in [-0.05, 0) is 11.6 Å². The van der Waals surface area contributed by atoms with Crippen LogP contribution in [0.3, 0.4) is 0 Å². The van der Waals surface area contributed by atoms with Gasteiger partial charge in [0.1, 0.15) is 4.90 Å². The van der Waals surface area contributed by atoms with Crippen molar-refractivity contribution >= 4 is 21.7 Å². The van der Waals surface area contributed by atoms with Crippen LogP contribution in [-0.2, 0) is 26.0 Å². The van der Waals surface area contributed by atoms with Crippen molar-refractivity contribution < 1.29 is 17.9 Å². The maximum Gasteiger partial charge on any atom is 0.310 e. The molecule has 0 radical (unpaired) electrons. The van der Waals surface area contributed by atoms with Crippen LogP contribution in [0.2, 0.25) is 0 Å². The Morgan fingerprint density at radius 2 is 2.06 bits per heavy atom. The van der Waals surface area contributed by atoms with E-state index in [2.05, 4.69) is 4.74 Å². The summed E-state index contributed by atoms with van der Waals surface area (Å²) in [6, 6.07) is 4.29. The van der Waals surface area contributed by atoms with Crippen LogP contribution in [0.5, 0.6) is 0 Å². The van der Waals surface area contributed by atoms with Crippen molar-refractivity contribution in [3.8, 4) is 0 Å². The van der Waals surface area contributed by atoms with Crippen molar-refractivity contribution in [2.75, 3.05) is 12.8 Å². The molecule has 0 spiro atoms. The molecule has 0 unspecified atom stereocenters. The number of hydrogen-bond donors (Lipinski definition) is 2. The lowest BCUT2D eigenvalue weighted by atomic mass is 10.1. The summed E-state index contributed by atoms with van der Waals surface area (Å²) in [5, 5.41) is 4.97. The number of esters is 1. The molecule has 1 rings (SSSR count). The van der Waals surface area contributed by atoms with Crippen LogP contribution in [0.1, 0.15) is 5.56 Å². The number of hydrogen-bond acceptors (Lipinski definition) is 5. The van der Waals surface area contributed by atoms with E-state index in [1.165, 1.54) is 19.2 Å². The van der Waals surface area contributed by atoms with Crippen LogP contribution < -0.4 is 10.9 Å². The van der Waals surface area contributed by atoms with E-state index in [0.29, 0.717) is 5.56 Å². The maximum atomic E-state index is 11.1. The van der Waals surface area contributed by atoms with Gasteiger partial charge >= 0.3 is 5.97 Å². The molecule has 6 nitrogen and oxygen atoms in total. The lowest BCUT2D eigenvalue weighted by Crippen LogP contribution is -2.16. The zero-order chi connectivity index (χ0) is 12.3. The monoisotopic (exact) mass is 244 g/mol. The van der Waals surface area contributed by atoms with Crippen LogP contribution in [0.15, 0.2) is 23.1 Å². The number of nitrogen functional groups attached to an aromatic ring is 1.